The summed E-state index contributed by atoms with van der Waals surface area (Å²) in [6.45, 7) is 0.527. The maximum absolute atomic E-state index is 13.6. The van der Waals surface area contributed by atoms with E-state index in [1.165, 1.54) is 17.0 Å². The van der Waals surface area contributed by atoms with E-state index in [0.29, 0.717) is 19.4 Å². The Kier molecular flexibility index (Phi) is 5.24. The Bertz CT molecular complexity index is 438. The predicted octanol–water partition coefficient (Wildman–Crippen LogP) is 2.73. The Hall–Kier alpha value is -1.11. The van der Waals surface area contributed by atoms with Crippen LogP contribution in [-0.4, -0.2) is 43.4 Å². The van der Waals surface area contributed by atoms with Crippen LogP contribution in [0.25, 0.3) is 0 Å². The molecule has 0 bridgehead atoms. The third kappa shape index (κ3) is 3.75. The smallest absolute Gasteiger partial charge is 0.381 e. The fourth-order valence-electron chi connectivity index (χ4n) is 3.02. The van der Waals surface area contributed by atoms with Crippen molar-refractivity contribution in [3.05, 3.63) is 35.9 Å². The minimum absolute atomic E-state index is 0.0144. The van der Waals surface area contributed by atoms with Crippen LogP contribution in [0.4, 0.5) is 13.2 Å². The van der Waals surface area contributed by atoms with Gasteiger partial charge in [-0.05, 0) is 18.4 Å². The summed E-state index contributed by atoms with van der Waals surface area (Å²) in [4.78, 5) is 1.48. The number of piperidine rings is 1. The molecule has 3 unspecified atom stereocenters. The number of hydrogen-bond acceptors (Lipinski definition) is 3. The van der Waals surface area contributed by atoms with Gasteiger partial charge in [0.05, 0.1) is 6.10 Å². The average Bonchev–Trinajstić information content (AvgIpc) is 2.47. The number of rotatable bonds is 4. The number of hydrogen-bond donors (Lipinski definition) is 1. The SMILES string of the molecule is COC1CCN(C(c2ccccc2)C(F)(F)F)C(CN)C1. The molecule has 2 rings (SSSR count). The average molecular weight is 302 g/mol. The molecule has 1 aliphatic heterocycles. The summed E-state index contributed by atoms with van der Waals surface area (Å²) in [5.74, 6) is 0. The molecule has 1 heterocycles. The summed E-state index contributed by atoms with van der Waals surface area (Å²) < 4.78 is 46.0. The highest BCUT2D eigenvalue weighted by molar-refractivity contribution is 5.21. The molecule has 0 amide bonds. The lowest BCUT2D eigenvalue weighted by atomic mass is 9.94. The van der Waals surface area contributed by atoms with Crippen molar-refractivity contribution in [2.45, 2.75) is 37.2 Å². The first-order valence-electron chi connectivity index (χ1n) is 7.07. The number of methoxy groups -OCH3 is 1. The van der Waals surface area contributed by atoms with Crippen LogP contribution in [0.1, 0.15) is 24.4 Å². The maximum Gasteiger partial charge on any atom is 0.408 e. The summed E-state index contributed by atoms with van der Waals surface area (Å²) in [6.07, 6.45) is -3.22. The summed E-state index contributed by atoms with van der Waals surface area (Å²) in [7, 11) is 1.59. The van der Waals surface area contributed by atoms with Crippen molar-refractivity contribution in [3.63, 3.8) is 0 Å². The quantitative estimate of drug-likeness (QED) is 0.929. The molecule has 0 radical (unpaired) electrons. The summed E-state index contributed by atoms with van der Waals surface area (Å²) in [5.41, 5.74) is 5.97. The molecule has 3 atom stereocenters. The van der Waals surface area contributed by atoms with Crippen LogP contribution in [-0.2, 0) is 4.74 Å². The predicted molar refractivity (Wildman–Crippen MR) is 74.8 cm³/mol. The molecular weight excluding hydrogens is 281 g/mol. The van der Waals surface area contributed by atoms with E-state index in [9.17, 15) is 13.2 Å². The molecule has 3 nitrogen and oxygen atoms in total. The van der Waals surface area contributed by atoms with Gasteiger partial charge in [0, 0.05) is 26.2 Å². The lowest BCUT2D eigenvalue weighted by molar-refractivity contribution is -0.199. The van der Waals surface area contributed by atoms with Gasteiger partial charge in [-0.15, -0.1) is 0 Å². The fourth-order valence-corrected chi connectivity index (χ4v) is 3.02. The van der Waals surface area contributed by atoms with Gasteiger partial charge in [0.2, 0.25) is 0 Å². The zero-order valence-electron chi connectivity index (χ0n) is 12.0. The van der Waals surface area contributed by atoms with E-state index in [0.717, 1.165) is 0 Å². The van der Waals surface area contributed by atoms with Gasteiger partial charge in [0.15, 0.2) is 0 Å². The van der Waals surface area contributed by atoms with Gasteiger partial charge in [-0.2, -0.15) is 13.2 Å². The molecule has 0 aromatic heterocycles. The van der Waals surface area contributed by atoms with Gasteiger partial charge in [0.1, 0.15) is 6.04 Å². The molecule has 1 aromatic carbocycles. The van der Waals surface area contributed by atoms with E-state index in [2.05, 4.69) is 0 Å². The highest BCUT2D eigenvalue weighted by Crippen LogP contribution is 2.40. The summed E-state index contributed by atoms with van der Waals surface area (Å²) in [6, 6.07) is 6.10. The van der Waals surface area contributed by atoms with Crippen LogP contribution in [0.2, 0.25) is 0 Å². The molecular formula is C15H21F3N2O. The number of ether oxygens (including phenoxy) is 1. The van der Waals surface area contributed by atoms with Crippen LogP contribution >= 0.6 is 0 Å². The van der Waals surface area contributed by atoms with E-state index in [1.807, 2.05) is 0 Å². The standard InChI is InChI=1S/C15H21F3N2O/c1-21-13-7-8-20(12(9-13)10-19)14(15(16,17)18)11-5-3-2-4-6-11/h2-6,12-14H,7-10,19H2,1H3. The molecule has 1 aliphatic rings. The van der Waals surface area contributed by atoms with Crippen molar-refractivity contribution in [1.29, 1.82) is 0 Å². The van der Waals surface area contributed by atoms with Crippen LogP contribution in [0.5, 0.6) is 0 Å². The van der Waals surface area contributed by atoms with Gasteiger partial charge in [-0.25, -0.2) is 0 Å². The zero-order valence-corrected chi connectivity index (χ0v) is 12.0. The van der Waals surface area contributed by atoms with Crippen LogP contribution in [0.3, 0.4) is 0 Å². The number of nitrogens with two attached hydrogens (primary N) is 1. The number of likely N-dealkylation sites (tertiary alicyclic amines) is 1. The molecule has 21 heavy (non-hydrogen) atoms. The minimum atomic E-state index is -4.32. The molecule has 0 aliphatic carbocycles. The third-order valence-electron chi connectivity index (χ3n) is 4.08. The molecule has 6 heteroatoms. The van der Waals surface area contributed by atoms with Crippen molar-refractivity contribution in [3.8, 4) is 0 Å². The van der Waals surface area contributed by atoms with E-state index >= 15 is 0 Å². The van der Waals surface area contributed by atoms with Crippen LogP contribution in [0.15, 0.2) is 30.3 Å². The van der Waals surface area contributed by atoms with E-state index in [4.69, 9.17) is 10.5 Å². The highest BCUT2D eigenvalue weighted by Gasteiger charge is 2.47. The zero-order chi connectivity index (χ0) is 15.5. The second kappa shape index (κ2) is 6.77. The Morgan fingerprint density at radius 3 is 2.52 bits per heavy atom. The molecule has 1 fully saturated rings. The van der Waals surface area contributed by atoms with Gasteiger partial charge in [-0.3, -0.25) is 4.90 Å². The second-order valence-electron chi connectivity index (χ2n) is 5.36. The van der Waals surface area contributed by atoms with Crippen molar-refractivity contribution < 1.29 is 17.9 Å². The third-order valence-corrected chi connectivity index (χ3v) is 4.08. The summed E-state index contributed by atoms with van der Waals surface area (Å²) in [5, 5.41) is 0. The normalized spacial score (nSPS) is 25.8. The lowest BCUT2D eigenvalue weighted by Gasteiger charge is -2.43. The molecule has 2 N–H and O–H groups in total. The largest absolute Gasteiger partial charge is 0.408 e. The van der Waals surface area contributed by atoms with Gasteiger partial charge in [0.25, 0.3) is 0 Å². The molecule has 1 aromatic rings. The lowest BCUT2D eigenvalue weighted by Crippen LogP contribution is -2.53. The number of nitrogens with zero attached hydrogens (tertiary/aromatic N) is 1. The van der Waals surface area contributed by atoms with E-state index < -0.39 is 12.2 Å². The van der Waals surface area contributed by atoms with Crippen LogP contribution in [0, 0.1) is 0 Å². The Labute approximate surface area is 122 Å². The maximum atomic E-state index is 13.6. The second-order valence-corrected chi connectivity index (χ2v) is 5.36. The number of halogens is 3. The van der Waals surface area contributed by atoms with Crippen molar-refractivity contribution in [2.75, 3.05) is 20.2 Å². The summed E-state index contributed by atoms with van der Waals surface area (Å²) >= 11 is 0. The van der Waals surface area contributed by atoms with Gasteiger partial charge >= 0.3 is 6.18 Å². The van der Waals surface area contributed by atoms with Crippen molar-refractivity contribution in [1.82, 2.24) is 4.90 Å². The van der Waals surface area contributed by atoms with Gasteiger partial charge in [-0.1, -0.05) is 30.3 Å². The molecule has 1 saturated heterocycles. The van der Waals surface area contributed by atoms with Gasteiger partial charge < -0.3 is 10.5 Å². The first kappa shape index (κ1) is 16.3. The molecule has 118 valence electrons. The van der Waals surface area contributed by atoms with Crippen molar-refractivity contribution >= 4 is 0 Å². The fraction of sp³-hybridized carbons (Fsp3) is 0.600. The minimum Gasteiger partial charge on any atom is -0.381 e. The first-order valence-corrected chi connectivity index (χ1v) is 7.07. The number of benzene rings is 1. The topological polar surface area (TPSA) is 38.5 Å². The molecule has 0 spiro atoms. The Morgan fingerprint density at radius 1 is 1.33 bits per heavy atom. The Morgan fingerprint density at radius 2 is 2.00 bits per heavy atom. The molecule has 0 saturated carbocycles. The van der Waals surface area contributed by atoms with E-state index in [1.54, 1.807) is 25.3 Å². The Balaban J connectivity index is 2.29. The van der Waals surface area contributed by atoms with Crippen molar-refractivity contribution in [2.24, 2.45) is 5.73 Å². The van der Waals surface area contributed by atoms with E-state index in [-0.39, 0.29) is 24.3 Å². The first-order chi connectivity index (χ1) is 9.97. The highest BCUT2D eigenvalue weighted by atomic mass is 19.4. The monoisotopic (exact) mass is 302 g/mol. The van der Waals surface area contributed by atoms with Crippen LogP contribution < -0.4 is 5.73 Å². The number of alkyl halides is 3.